The summed E-state index contributed by atoms with van der Waals surface area (Å²) in [6, 6.07) is 0. The first kappa shape index (κ1) is 99.5. The van der Waals surface area contributed by atoms with E-state index in [-0.39, 0.29) is 25.7 Å². The molecule has 0 fully saturated rings. The number of carbonyl (C=O) groups excluding carboxylic acids is 4. The number of aliphatic hydroxyl groups is 1. The number of phosphoric ester groups is 2. The van der Waals surface area contributed by atoms with E-state index in [0.717, 1.165) is 122 Å². The lowest BCUT2D eigenvalue weighted by molar-refractivity contribution is -0.161. The third-order valence-corrected chi connectivity index (χ3v) is 20.8. The van der Waals surface area contributed by atoms with Crippen molar-refractivity contribution in [2.45, 2.75) is 444 Å². The summed E-state index contributed by atoms with van der Waals surface area (Å²) < 4.78 is 68.8. The number of aliphatic hydroxyl groups excluding tert-OH is 1. The summed E-state index contributed by atoms with van der Waals surface area (Å²) in [5, 5.41) is 10.7. The summed E-state index contributed by atoms with van der Waals surface area (Å²) in [6.45, 7) is 4.99. The van der Waals surface area contributed by atoms with Crippen molar-refractivity contribution in [2.75, 3.05) is 39.6 Å². The van der Waals surface area contributed by atoms with E-state index < -0.39 is 97.5 Å². The second-order valence-electron chi connectivity index (χ2n) is 29.1. The molecule has 0 spiro atoms. The third-order valence-electron chi connectivity index (χ3n) is 18.9. The van der Waals surface area contributed by atoms with Gasteiger partial charge in [0.2, 0.25) is 0 Å². The zero-order valence-corrected chi connectivity index (χ0v) is 67.9. The van der Waals surface area contributed by atoms with Gasteiger partial charge in [-0.2, -0.15) is 0 Å². The molecule has 0 saturated heterocycles. The van der Waals surface area contributed by atoms with Crippen LogP contribution in [0, 0.1) is 0 Å². The molecule has 0 radical (unpaired) electrons. The molecule has 0 bridgehead atoms. The van der Waals surface area contributed by atoms with Crippen LogP contribution in [0.3, 0.4) is 0 Å². The fourth-order valence-electron chi connectivity index (χ4n) is 12.4. The van der Waals surface area contributed by atoms with Crippen molar-refractivity contribution in [3.05, 3.63) is 24.3 Å². The number of hydrogen-bond donors (Lipinski definition) is 3. The molecule has 0 amide bonds. The highest BCUT2D eigenvalue weighted by atomic mass is 31.2. The Morgan fingerprint density at radius 3 is 0.676 bits per heavy atom. The average Bonchev–Trinajstić information content (AvgIpc) is 0.926. The second kappa shape index (κ2) is 76.7. The Hall–Kier alpha value is -2.46. The van der Waals surface area contributed by atoms with Gasteiger partial charge in [-0.05, 0) is 77.0 Å². The molecule has 3 N–H and O–H groups in total. The normalized spacial score (nSPS) is 13.9. The third kappa shape index (κ3) is 75.8. The van der Waals surface area contributed by atoms with Crippen molar-refractivity contribution >= 4 is 39.5 Å². The van der Waals surface area contributed by atoms with Gasteiger partial charge in [0.25, 0.3) is 0 Å². The van der Waals surface area contributed by atoms with Gasteiger partial charge in [0, 0.05) is 25.7 Å². The largest absolute Gasteiger partial charge is 0.472 e. The molecule has 0 aliphatic rings. The van der Waals surface area contributed by atoms with Crippen LogP contribution in [0.4, 0.5) is 0 Å². The van der Waals surface area contributed by atoms with Crippen molar-refractivity contribution in [1.29, 1.82) is 0 Å². The van der Waals surface area contributed by atoms with Crippen molar-refractivity contribution in [3.63, 3.8) is 0 Å². The maximum atomic E-state index is 13.1. The van der Waals surface area contributed by atoms with E-state index in [0.29, 0.717) is 25.7 Å². The Morgan fingerprint density at radius 1 is 0.265 bits per heavy atom. The Kier molecular flexibility index (Phi) is 74.9. The fourth-order valence-corrected chi connectivity index (χ4v) is 14.0. The summed E-state index contributed by atoms with van der Waals surface area (Å²) in [7, 11) is -9.94. The first-order valence-corrected chi connectivity index (χ1v) is 45.6. The monoisotopic (exact) mass is 1490 g/mol. The maximum absolute atomic E-state index is 13.1. The first-order valence-electron chi connectivity index (χ1n) is 42.6. The first-order chi connectivity index (χ1) is 49.7. The number of hydrogen-bond acceptors (Lipinski definition) is 15. The van der Waals surface area contributed by atoms with Crippen LogP contribution in [0.5, 0.6) is 0 Å². The number of carbonyl (C=O) groups is 4. The van der Waals surface area contributed by atoms with Crippen molar-refractivity contribution in [3.8, 4) is 0 Å². The van der Waals surface area contributed by atoms with E-state index in [1.165, 1.54) is 225 Å². The van der Waals surface area contributed by atoms with Gasteiger partial charge in [0.15, 0.2) is 12.2 Å². The lowest BCUT2D eigenvalue weighted by atomic mass is 10.0. The van der Waals surface area contributed by atoms with Gasteiger partial charge >= 0.3 is 39.5 Å². The van der Waals surface area contributed by atoms with Crippen molar-refractivity contribution in [2.24, 2.45) is 0 Å². The molecule has 0 saturated carbocycles. The molecule has 0 rings (SSSR count). The number of esters is 4. The molecular weight excluding hydrogens is 1330 g/mol. The Balaban J connectivity index is 5.30. The van der Waals surface area contributed by atoms with Crippen LogP contribution in [-0.2, 0) is 65.4 Å². The minimum Gasteiger partial charge on any atom is -0.462 e. The molecule has 102 heavy (non-hydrogen) atoms. The lowest BCUT2D eigenvalue weighted by Gasteiger charge is -2.21. The highest BCUT2D eigenvalue weighted by Gasteiger charge is 2.30. The van der Waals surface area contributed by atoms with E-state index >= 15 is 0 Å². The minimum absolute atomic E-state index is 0.0941. The zero-order valence-electron chi connectivity index (χ0n) is 66.1. The van der Waals surface area contributed by atoms with Crippen LogP contribution in [-0.4, -0.2) is 96.7 Å². The van der Waals surface area contributed by atoms with Gasteiger partial charge in [-0.1, -0.05) is 347 Å². The summed E-state index contributed by atoms with van der Waals surface area (Å²) in [4.78, 5) is 73.1. The van der Waals surface area contributed by atoms with Crippen LogP contribution in [0.15, 0.2) is 24.3 Å². The van der Waals surface area contributed by atoms with Crippen LogP contribution in [0.1, 0.15) is 426 Å². The molecule has 0 aliphatic carbocycles. The fraction of sp³-hybridized carbons (Fsp3) is 0.904. The van der Waals surface area contributed by atoms with Crippen LogP contribution < -0.4 is 0 Å². The topological polar surface area (TPSA) is 237 Å². The van der Waals surface area contributed by atoms with Gasteiger partial charge in [0.1, 0.15) is 19.3 Å². The standard InChI is InChI=1S/C83H158O17P2/c1-5-9-13-17-21-25-29-33-37-38-42-44-48-52-56-60-64-68-81(86)94-74-79(100-83(88)70-66-62-58-54-50-46-41-36-32-28-24-20-16-12-8-4)76-98-102(91,92)96-72-77(84)71-95-101(89,90)97-75-78(99-82(87)69-65-61-57-53-49-45-40-35-31-27-23-19-15-11-7-3)73-93-80(85)67-63-59-55-51-47-43-39-34-30-26-22-18-14-10-6-2/h34,36,39,41,77-79,84H,5-33,35,37-38,40,42-76H2,1-4H3,(H,89,90)(H,91,92)/b39-34-,41-36-/t77-,78+,79+/m0/s1. The highest BCUT2D eigenvalue weighted by molar-refractivity contribution is 7.47. The van der Waals surface area contributed by atoms with Crippen molar-refractivity contribution < 1.29 is 80.2 Å². The quantitative estimate of drug-likeness (QED) is 0.0169. The van der Waals surface area contributed by atoms with Gasteiger partial charge in [0.05, 0.1) is 26.4 Å². The van der Waals surface area contributed by atoms with E-state index in [9.17, 15) is 43.2 Å². The number of ether oxygens (including phenoxy) is 4. The number of allylic oxidation sites excluding steroid dienone is 4. The zero-order chi connectivity index (χ0) is 74.6. The maximum Gasteiger partial charge on any atom is 0.472 e. The second-order valence-corrected chi connectivity index (χ2v) is 32.0. The average molecular weight is 1490 g/mol. The molecule has 0 heterocycles. The SMILES string of the molecule is CCCCCCCC/C=C\CCCCCCCC(=O)OC[C@H](COP(=O)(O)OC[C@H](O)COP(=O)(O)OC[C@@H](COC(=O)CCCCCCCCCCCCCCCCCCC)OC(=O)CCCCCCC/C=C\CCCCCCCC)OC(=O)CCCCCCCCCCCCCCCCC. The Bertz CT molecular complexity index is 2020. The summed E-state index contributed by atoms with van der Waals surface area (Å²) in [5.41, 5.74) is 0. The Morgan fingerprint density at radius 2 is 0.451 bits per heavy atom. The van der Waals surface area contributed by atoms with E-state index in [1.807, 2.05) is 0 Å². The van der Waals surface area contributed by atoms with E-state index in [2.05, 4.69) is 52.0 Å². The minimum atomic E-state index is -4.97. The Labute approximate surface area is 624 Å². The summed E-state index contributed by atoms with van der Waals surface area (Å²) in [6.07, 6.45) is 72.8. The van der Waals surface area contributed by atoms with Gasteiger partial charge < -0.3 is 33.8 Å². The number of phosphoric acid groups is 2. The molecule has 0 aromatic rings. The predicted octanol–water partition coefficient (Wildman–Crippen LogP) is 24.9. The van der Waals surface area contributed by atoms with Crippen molar-refractivity contribution in [1.82, 2.24) is 0 Å². The highest BCUT2D eigenvalue weighted by Crippen LogP contribution is 2.45. The van der Waals surface area contributed by atoms with Gasteiger partial charge in [-0.25, -0.2) is 9.13 Å². The summed E-state index contributed by atoms with van der Waals surface area (Å²) >= 11 is 0. The smallest absolute Gasteiger partial charge is 0.462 e. The molecule has 602 valence electrons. The van der Waals surface area contributed by atoms with E-state index in [1.54, 1.807) is 0 Å². The van der Waals surface area contributed by atoms with Gasteiger partial charge in [-0.15, -0.1) is 0 Å². The summed E-state index contributed by atoms with van der Waals surface area (Å²) in [5.74, 6) is -2.13. The molecule has 17 nitrogen and oxygen atoms in total. The molecule has 2 unspecified atom stereocenters. The number of rotatable bonds is 82. The van der Waals surface area contributed by atoms with Crippen LogP contribution in [0.25, 0.3) is 0 Å². The molecule has 0 aromatic carbocycles. The van der Waals surface area contributed by atoms with Crippen LogP contribution >= 0.6 is 15.6 Å². The lowest BCUT2D eigenvalue weighted by Crippen LogP contribution is -2.30. The molecule has 0 aromatic heterocycles. The van der Waals surface area contributed by atoms with Crippen LogP contribution in [0.2, 0.25) is 0 Å². The molecule has 5 atom stereocenters. The van der Waals surface area contributed by atoms with E-state index in [4.69, 9.17) is 37.0 Å². The predicted molar refractivity (Wildman–Crippen MR) is 418 cm³/mol. The molecule has 19 heteroatoms. The number of unbranched alkanes of at least 4 members (excludes halogenated alkanes) is 52. The molecule has 0 aliphatic heterocycles. The van der Waals surface area contributed by atoms with Gasteiger partial charge in [-0.3, -0.25) is 37.3 Å². The molecular formula is C83H158O17P2.